The van der Waals surface area contributed by atoms with Crippen molar-refractivity contribution < 1.29 is 22.3 Å². The second-order valence-corrected chi connectivity index (χ2v) is 10.3. The number of hydrogen-bond acceptors (Lipinski definition) is 2. The van der Waals surface area contributed by atoms with Gasteiger partial charge in [0.1, 0.15) is 0 Å². The minimum absolute atomic E-state index is 0.296. The van der Waals surface area contributed by atoms with E-state index in [1.807, 2.05) is 0 Å². The first kappa shape index (κ1) is 18.4. The van der Waals surface area contributed by atoms with Gasteiger partial charge in [0.15, 0.2) is 5.88 Å². The van der Waals surface area contributed by atoms with E-state index >= 15 is 0 Å². The van der Waals surface area contributed by atoms with Crippen LogP contribution in [0.5, 0.6) is 11.8 Å². The Labute approximate surface area is 141 Å². The smallest absolute Gasteiger partial charge is 0.531 e. The van der Waals surface area contributed by atoms with Crippen LogP contribution in [-0.4, -0.2) is 19.2 Å². The van der Waals surface area contributed by atoms with Gasteiger partial charge in [0.2, 0.25) is 5.88 Å². The van der Waals surface area contributed by atoms with Crippen molar-refractivity contribution in [2.45, 2.75) is 45.3 Å². The molecule has 24 heavy (non-hydrogen) atoms. The van der Waals surface area contributed by atoms with Crippen molar-refractivity contribution in [2.75, 3.05) is 0 Å². The molecule has 1 aromatic carbocycles. The average Bonchev–Trinajstić information content (AvgIpc) is 2.93. The van der Waals surface area contributed by atoms with Gasteiger partial charge >= 0.3 is 6.36 Å². The Morgan fingerprint density at radius 1 is 0.875 bits per heavy atom. The molecule has 0 amide bonds. The number of ether oxygens (including phenoxy) is 1. The van der Waals surface area contributed by atoms with Gasteiger partial charge < -0.3 is 9.16 Å². The second-order valence-electron chi connectivity index (χ2n) is 5.57. The topological polar surface area (TPSA) is 23.4 Å². The van der Waals surface area contributed by atoms with E-state index < -0.39 is 14.7 Å². The van der Waals surface area contributed by atoms with Crippen LogP contribution in [0, 0.1) is 0 Å². The van der Waals surface area contributed by atoms with Crippen molar-refractivity contribution in [3.8, 4) is 17.4 Å². The fourth-order valence-corrected chi connectivity index (χ4v) is 5.23. The predicted octanol–water partition coefficient (Wildman–Crippen LogP) is 5.76. The lowest BCUT2D eigenvalue weighted by atomic mass is 10.3. The first-order valence-corrected chi connectivity index (χ1v) is 10.6. The molecule has 0 aliphatic rings. The minimum atomic E-state index is -4.75. The third-order valence-corrected chi connectivity index (χ3v) is 8.81. The molecule has 2 rings (SSSR count). The van der Waals surface area contributed by atoms with Crippen LogP contribution < -0.4 is 9.16 Å². The number of halogens is 3. The Hall–Kier alpha value is -1.89. The van der Waals surface area contributed by atoms with Gasteiger partial charge in [-0.3, -0.25) is 4.57 Å². The van der Waals surface area contributed by atoms with Gasteiger partial charge in [-0.2, -0.15) is 0 Å². The number of rotatable bonds is 7. The summed E-state index contributed by atoms with van der Waals surface area (Å²) in [5.74, 6) is 0.104. The summed E-state index contributed by atoms with van der Waals surface area (Å²) in [6, 6.07) is 14.3. The van der Waals surface area contributed by atoms with E-state index in [9.17, 15) is 13.2 Å². The maximum atomic E-state index is 12.7. The highest BCUT2D eigenvalue weighted by Gasteiger charge is 2.35. The summed E-state index contributed by atoms with van der Waals surface area (Å²) in [7, 11) is -2.03. The van der Waals surface area contributed by atoms with Gasteiger partial charge in [0.25, 0.3) is 8.32 Å². The quantitative estimate of drug-likeness (QED) is 0.588. The van der Waals surface area contributed by atoms with Crippen LogP contribution in [0.1, 0.15) is 20.8 Å². The molecule has 0 fully saturated rings. The Morgan fingerprint density at radius 3 is 1.92 bits per heavy atom. The highest BCUT2D eigenvalue weighted by molar-refractivity contribution is 6.74. The molecule has 0 radical (unpaired) electrons. The van der Waals surface area contributed by atoms with Crippen LogP contribution in [0.15, 0.2) is 42.5 Å². The molecular weight excluding hydrogens is 335 g/mol. The zero-order valence-electron chi connectivity index (χ0n) is 14.1. The number of nitrogens with zero attached hydrogens (tertiary/aromatic N) is 1. The van der Waals surface area contributed by atoms with Crippen molar-refractivity contribution in [1.29, 1.82) is 0 Å². The van der Waals surface area contributed by atoms with E-state index in [-0.39, 0.29) is 5.88 Å². The summed E-state index contributed by atoms with van der Waals surface area (Å²) in [5.41, 5.74) is 0.572. The van der Waals surface area contributed by atoms with Crippen molar-refractivity contribution >= 4 is 8.32 Å². The van der Waals surface area contributed by atoms with Crippen LogP contribution in [0.4, 0.5) is 13.2 Å². The first-order chi connectivity index (χ1) is 11.3. The Morgan fingerprint density at radius 2 is 1.42 bits per heavy atom. The molecule has 0 aliphatic carbocycles. The van der Waals surface area contributed by atoms with Crippen LogP contribution in [0.2, 0.25) is 18.1 Å². The summed E-state index contributed by atoms with van der Waals surface area (Å²) in [5, 5.41) is 0. The molecule has 0 unspecified atom stereocenters. The molecule has 1 aromatic heterocycles. The molecule has 2 aromatic rings. The minimum Gasteiger partial charge on any atom is -0.531 e. The van der Waals surface area contributed by atoms with Crippen LogP contribution >= 0.6 is 0 Å². The fraction of sp³-hybridized carbons (Fsp3) is 0.412. The van der Waals surface area contributed by atoms with Gasteiger partial charge in [-0.1, -0.05) is 39.0 Å². The summed E-state index contributed by atoms with van der Waals surface area (Å²) in [6.45, 7) is 6.21. The van der Waals surface area contributed by atoms with Gasteiger partial charge in [-0.15, -0.1) is 13.2 Å². The van der Waals surface area contributed by atoms with E-state index in [4.69, 9.17) is 4.43 Å². The number of para-hydroxylation sites is 1. The lowest BCUT2D eigenvalue weighted by Gasteiger charge is -2.29. The molecule has 0 spiro atoms. The van der Waals surface area contributed by atoms with Crippen LogP contribution in [0.25, 0.3) is 5.69 Å². The molecule has 0 N–H and O–H groups in total. The Balaban J connectivity index is 2.49. The lowest BCUT2D eigenvalue weighted by Crippen LogP contribution is -2.39. The Kier molecular flexibility index (Phi) is 5.64. The number of benzene rings is 1. The highest BCUT2D eigenvalue weighted by Crippen LogP contribution is 2.35. The van der Waals surface area contributed by atoms with Crippen molar-refractivity contribution in [3.63, 3.8) is 0 Å². The van der Waals surface area contributed by atoms with Gasteiger partial charge in [0.05, 0.1) is 5.69 Å². The summed E-state index contributed by atoms with van der Waals surface area (Å²) in [6.07, 6.45) is -4.75. The normalized spacial score (nSPS) is 12.2. The van der Waals surface area contributed by atoms with E-state index in [0.717, 1.165) is 18.1 Å². The number of hydrogen-bond donors (Lipinski definition) is 0. The van der Waals surface area contributed by atoms with Gasteiger partial charge in [-0.05, 0) is 30.3 Å². The van der Waals surface area contributed by atoms with Crippen molar-refractivity contribution in [3.05, 3.63) is 42.5 Å². The SMILES string of the molecule is CC[Si](CC)(CC)Oc1ccc(OC(F)(F)F)n1-c1ccccc1. The summed E-state index contributed by atoms with van der Waals surface area (Å²) >= 11 is 0. The standard InChI is InChI=1S/C17H22F3NO2Si/c1-4-24(5-2,6-3)23-16-13-12-15(22-17(18,19)20)21(16)14-10-8-7-9-11-14/h7-13H,4-6H2,1-3H3. The molecule has 132 valence electrons. The van der Waals surface area contributed by atoms with Gasteiger partial charge in [0, 0.05) is 12.1 Å². The predicted molar refractivity (Wildman–Crippen MR) is 90.3 cm³/mol. The maximum Gasteiger partial charge on any atom is 0.574 e. The maximum absolute atomic E-state index is 12.7. The largest absolute Gasteiger partial charge is 0.574 e. The summed E-state index contributed by atoms with van der Waals surface area (Å²) in [4.78, 5) is 0. The molecule has 0 saturated heterocycles. The van der Waals surface area contributed by atoms with Crippen molar-refractivity contribution in [1.82, 2.24) is 4.57 Å². The highest BCUT2D eigenvalue weighted by atomic mass is 28.4. The Bertz CT molecular complexity index is 643. The molecule has 3 nitrogen and oxygen atoms in total. The van der Waals surface area contributed by atoms with Crippen molar-refractivity contribution in [2.24, 2.45) is 0 Å². The van der Waals surface area contributed by atoms with E-state index in [2.05, 4.69) is 25.5 Å². The first-order valence-electron chi connectivity index (χ1n) is 8.06. The monoisotopic (exact) mass is 357 g/mol. The molecule has 0 aliphatic heterocycles. The zero-order chi connectivity index (χ0) is 17.8. The molecule has 1 heterocycles. The number of alkyl halides is 3. The molecule has 0 atom stereocenters. The number of aromatic nitrogens is 1. The van der Waals surface area contributed by atoms with Crippen LogP contribution in [0.3, 0.4) is 0 Å². The van der Waals surface area contributed by atoms with Gasteiger partial charge in [-0.25, -0.2) is 0 Å². The van der Waals surface area contributed by atoms with E-state index in [0.29, 0.717) is 11.6 Å². The molecule has 0 bridgehead atoms. The van der Waals surface area contributed by atoms with E-state index in [1.165, 1.54) is 10.6 Å². The fourth-order valence-electron chi connectivity index (χ4n) is 2.70. The van der Waals surface area contributed by atoms with E-state index in [1.54, 1.807) is 36.4 Å². The zero-order valence-corrected chi connectivity index (χ0v) is 15.1. The van der Waals surface area contributed by atoms with Crippen LogP contribution in [-0.2, 0) is 0 Å². The molecular formula is C17H22F3NO2Si. The lowest BCUT2D eigenvalue weighted by molar-refractivity contribution is -0.276. The average molecular weight is 357 g/mol. The third kappa shape index (κ3) is 4.14. The molecule has 0 saturated carbocycles. The third-order valence-electron chi connectivity index (χ3n) is 4.30. The second kappa shape index (κ2) is 7.34. The molecule has 7 heteroatoms. The summed E-state index contributed by atoms with van der Waals surface area (Å²) < 4.78 is 50.0.